The van der Waals surface area contributed by atoms with Crippen LogP contribution in [0.25, 0.3) is 0 Å². The van der Waals surface area contributed by atoms with Crippen LogP contribution >= 0.6 is 0 Å². The number of nitrogens with zero attached hydrogens (tertiary/aromatic N) is 1. The average molecular weight is 344 g/mol. The number of carbonyl (C=O) groups is 1. The predicted octanol–water partition coefficient (Wildman–Crippen LogP) is 2.65. The minimum atomic E-state index is -0.239. The summed E-state index contributed by atoms with van der Waals surface area (Å²) in [7, 11) is 0. The molecule has 2 N–H and O–H groups in total. The summed E-state index contributed by atoms with van der Waals surface area (Å²) in [5, 5.41) is 12.3. The highest BCUT2D eigenvalue weighted by atomic mass is 16.6. The van der Waals surface area contributed by atoms with Crippen LogP contribution < -0.4 is 10.1 Å². The Morgan fingerprint density at radius 3 is 2.72 bits per heavy atom. The first-order valence-corrected chi connectivity index (χ1v) is 8.72. The van der Waals surface area contributed by atoms with Crippen LogP contribution in [-0.2, 0) is 0 Å². The summed E-state index contributed by atoms with van der Waals surface area (Å²) in [6, 6.07) is 12.5. The number of ether oxygens (including phenoxy) is 1. The van der Waals surface area contributed by atoms with Crippen molar-refractivity contribution in [3.8, 4) is 11.7 Å². The molecule has 0 aliphatic carbocycles. The first-order valence-electron chi connectivity index (χ1n) is 8.72. The first kappa shape index (κ1) is 17.5. The molecule has 0 spiro atoms. The van der Waals surface area contributed by atoms with E-state index in [0.717, 1.165) is 38.9 Å². The largest absolute Gasteiger partial charge is 0.426 e. The Bertz CT molecular complexity index is 663. The number of para-hydroxylation sites is 1. The monoisotopic (exact) mass is 344 g/mol. The number of hydrogen-bond acceptors (Lipinski definition) is 5. The minimum absolute atomic E-state index is 0.151. The van der Waals surface area contributed by atoms with Crippen LogP contribution in [0.2, 0.25) is 0 Å². The van der Waals surface area contributed by atoms with Gasteiger partial charge in [-0.15, -0.1) is 0 Å². The number of nitrogens with one attached hydrogen (secondary N) is 1. The second kappa shape index (κ2) is 8.69. The smallest absolute Gasteiger partial charge is 0.290 e. The van der Waals surface area contributed by atoms with Crippen molar-refractivity contribution in [3.05, 3.63) is 48.2 Å². The molecule has 6 nitrogen and oxygen atoms in total. The van der Waals surface area contributed by atoms with Crippen molar-refractivity contribution >= 4 is 5.91 Å². The highest BCUT2D eigenvalue weighted by Crippen LogP contribution is 2.23. The Labute approximate surface area is 147 Å². The lowest BCUT2D eigenvalue weighted by molar-refractivity contribution is 0.0814. The molecular weight excluding hydrogens is 320 g/mol. The number of aliphatic hydroxyl groups is 1. The van der Waals surface area contributed by atoms with E-state index in [-0.39, 0.29) is 17.8 Å². The summed E-state index contributed by atoms with van der Waals surface area (Å²) in [5.74, 6) is 0.961. The first-order chi connectivity index (χ1) is 12.2. The maximum atomic E-state index is 12.1. The zero-order valence-corrected chi connectivity index (χ0v) is 14.2. The van der Waals surface area contributed by atoms with Crippen LogP contribution in [0.15, 0.2) is 46.9 Å². The third-order valence-electron chi connectivity index (χ3n) is 4.26. The molecule has 134 valence electrons. The van der Waals surface area contributed by atoms with E-state index in [1.54, 1.807) is 12.1 Å². The zero-order valence-electron chi connectivity index (χ0n) is 14.2. The molecule has 0 radical (unpaired) electrons. The Kier molecular flexibility index (Phi) is 6.09. The molecular formula is C19H24N2O4. The lowest BCUT2D eigenvalue weighted by atomic mass is 10.1. The molecule has 0 atom stereocenters. The number of rotatable bonds is 7. The van der Waals surface area contributed by atoms with Crippen molar-refractivity contribution in [1.82, 2.24) is 10.2 Å². The molecule has 1 aliphatic rings. The fourth-order valence-electron chi connectivity index (χ4n) is 2.84. The maximum absolute atomic E-state index is 12.1. The Balaban J connectivity index is 1.38. The standard InChI is InChI=1S/C19H24N2O4/c22-15-9-13-21(14-10-15)12-4-11-20-19(23)17-7-8-18(25-17)24-16-5-2-1-3-6-16/h1-3,5-8,15,22H,4,9-14H2,(H,20,23). The van der Waals surface area contributed by atoms with Crippen LogP contribution in [0.5, 0.6) is 11.7 Å². The van der Waals surface area contributed by atoms with Gasteiger partial charge in [-0.3, -0.25) is 4.79 Å². The fraction of sp³-hybridized carbons (Fsp3) is 0.421. The second-order valence-electron chi connectivity index (χ2n) is 6.22. The number of hydrogen-bond donors (Lipinski definition) is 2. The van der Waals surface area contributed by atoms with Gasteiger partial charge >= 0.3 is 0 Å². The van der Waals surface area contributed by atoms with Gasteiger partial charge < -0.3 is 24.5 Å². The molecule has 1 aromatic carbocycles. The molecule has 1 aliphatic heterocycles. The molecule has 0 saturated carbocycles. The number of likely N-dealkylation sites (tertiary alicyclic amines) is 1. The number of furan rings is 1. The van der Waals surface area contributed by atoms with E-state index in [1.165, 1.54) is 0 Å². The molecule has 1 amide bonds. The lowest BCUT2D eigenvalue weighted by Crippen LogP contribution is -2.37. The van der Waals surface area contributed by atoms with E-state index in [4.69, 9.17) is 9.15 Å². The van der Waals surface area contributed by atoms with Crippen LogP contribution in [0.3, 0.4) is 0 Å². The summed E-state index contributed by atoms with van der Waals surface area (Å²) in [5.41, 5.74) is 0. The van der Waals surface area contributed by atoms with E-state index < -0.39 is 0 Å². The van der Waals surface area contributed by atoms with Crippen molar-refractivity contribution in [2.45, 2.75) is 25.4 Å². The van der Waals surface area contributed by atoms with E-state index in [1.807, 2.05) is 30.3 Å². The van der Waals surface area contributed by atoms with Gasteiger partial charge in [0.1, 0.15) is 5.75 Å². The van der Waals surface area contributed by atoms with Crippen molar-refractivity contribution in [3.63, 3.8) is 0 Å². The molecule has 3 rings (SSSR count). The third-order valence-corrected chi connectivity index (χ3v) is 4.26. The maximum Gasteiger partial charge on any atom is 0.290 e. The van der Waals surface area contributed by atoms with E-state index in [2.05, 4.69) is 10.2 Å². The third kappa shape index (κ3) is 5.34. The van der Waals surface area contributed by atoms with Gasteiger partial charge in [0.25, 0.3) is 11.9 Å². The summed E-state index contributed by atoms with van der Waals surface area (Å²) in [4.78, 5) is 14.4. The normalized spacial score (nSPS) is 15.9. The van der Waals surface area contributed by atoms with Gasteiger partial charge in [0.15, 0.2) is 5.76 Å². The lowest BCUT2D eigenvalue weighted by Gasteiger charge is -2.29. The molecule has 25 heavy (non-hydrogen) atoms. The van der Waals surface area contributed by atoms with Gasteiger partial charge in [-0.1, -0.05) is 18.2 Å². The van der Waals surface area contributed by atoms with Crippen molar-refractivity contribution in [2.24, 2.45) is 0 Å². The minimum Gasteiger partial charge on any atom is -0.426 e. The highest BCUT2D eigenvalue weighted by Gasteiger charge is 2.16. The second-order valence-corrected chi connectivity index (χ2v) is 6.22. The van der Waals surface area contributed by atoms with Gasteiger partial charge in [0.05, 0.1) is 6.10 Å². The number of benzene rings is 1. The number of amides is 1. The van der Waals surface area contributed by atoms with E-state index in [0.29, 0.717) is 18.2 Å². The van der Waals surface area contributed by atoms with Crippen LogP contribution in [0.1, 0.15) is 29.8 Å². The number of carbonyl (C=O) groups excluding carboxylic acids is 1. The zero-order chi connectivity index (χ0) is 17.5. The quantitative estimate of drug-likeness (QED) is 0.755. The molecule has 1 fully saturated rings. The van der Waals surface area contributed by atoms with Crippen LogP contribution in [0.4, 0.5) is 0 Å². The Morgan fingerprint density at radius 2 is 1.96 bits per heavy atom. The number of aliphatic hydroxyl groups excluding tert-OH is 1. The molecule has 1 saturated heterocycles. The summed E-state index contributed by atoms with van der Waals surface area (Å²) < 4.78 is 11.0. The molecule has 0 bridgehead atoms. The van der Waals surface area contributed by atoms with Crippen molar-refractivity contribution < 1.29 is 19.1 Å². The molecule has 2 heterocycles. The molecule has 6 heteroatoms. The topological polar surface area (TPSA) is 74.9 Å². The Hall–Kier alpha value is -2.31. The Morgan fingerprint density at radius 1 is 1.20 bits per heavy atom. The summed E-state index contributed by atoms with van der Waals surface area (Å²) in [6.45, 7) is 3.36. The summed E-state index contributed by atoms with van der Waals surface area (Å²) >= 11 is 0. The van der Waals surface area contributed by atoms with E-state index in [9.17, 15) is 9.90 Å². The molecule has 2 aromatic rings. The fourth-order valence-corrected chi connectivity index (χ4v) is 2.84. The molecule has 0 unspecified atom stereocenters. The summed E-state index contributed by atoms with van der Waals surface area (Å²) in [6.07, 6.45) is 2.39. The van der Waals surface area contributed by atoms with Crippen molar-refractivity contribution in [2.75, 3.05) is 26.2 Å². The number of piperidine rings is 1. The van der Waals surface area contributed by atoms with Crippen LogP contribution in [-0.4, -0.2) is 48.2 Å². The van der Waals surface area contributed by atoms with Crippen molar-refractivity contribution in [1.29, 1.82) is 0 Å². The van der Waals surface area contributed by atoms with Gasteiger partial charge in [-0.2, -0.15) is 0 Å². The van der Waals surface area contributed by atoms with Gasteiger partial charge in [0, 0.05) is 25.7 Å². The van der Waals surface area contributed by atoms with E-state index >= 15 is 0 Å². The SMILES string of the molecule is O=C(NCCCN1CCC(O)CC1)c1ccc(Oc2ccccc2)o1. The van der Waals surface area contributed by atoms with Gasteiger partial charge in [-0.05, 0) is 44.0 Å². The average Bonchev–Trinajstić information content (AvgIpc) is 3.09. The molecule has 1 aromatic heterocycles. The van der Waals surface area contributed by atoms with Crippen LogP contribution in [0, 0.1) is 0 Å². The van der Waals surface area contributed by atoms with Gasteiger partial charge in [0.2, 0.25) is 0 Å². The van der Waals surface area contributed by atoms with Gasteiger partial charge in [-0.25, -0.2) is 0 Å². The highest BCUT2D eigenvalue weighted by molar-refractivity contribution is 5.91. The predicted molar refractivity (Wildman–Crippen MR) is 93.9 cm³/mol.